The molecule has 1 heterocycles. The Kier molecular flexibility index (Phi) is 3.86. The summed E-state index contributed by atoms with van der Waals surface area (Å²) in [6.45, 7) is 8.13. The number of aryl methyl sites for hydroxylation is 2. The van der Waals surface area contributed by atoms with Crippen molar-refractivity contribution in [2.75, 3.05) is 0 Å². The second kappa shape index (κ2) is 5.41. The summed E-state index contributed by atoms with van der Waals surface area (Å²) in [5, 5.41) is 0. The number of aromatic nitrogens is 1. The predicted molar refractivity (Wildman–Crippen MR) is 77.6 cm³/mol. The molecule has 0 bridgehead atoms. The van der Waals surface area contributed by atoms with Crippen LogP contribution in [0.1, 0.15) is 35.2 Å². The summed E-state index contributed by atoms with van der Waals surface area (Å²) in [6, 6.07) is 7.90. The molecular formula is C16H20N2O. The minimum absolute atomic E-state index is 0.102. The van der Waals surface area contributed by atoms with Crippen LogP contribution in [-0.4, -0.2) is 4.98 Å². The van der Waals surface area contributed by atoms with Crippen molar-refractivity contribution in [3.8, 4) is 11.6 Å². The molecule has 0 spiro atoms. The van der Waals surface area contributed by atoms with Crippen LogP contribution in [0.15, 0.2) is 30.5 Å². The number of nitrogens with two attached hydrogens (primary N) is 1. The Morgan fingerprint density at radius 3 is 2.63 bits per heavy atom. The summed E-state index contributed by atoms with van der Waals surface area (Å²) in [7, 11) is 0. The minimum Gasteiger partial charge on any atom is -0.438 e. The molecule has 19 heavy (non-hydrogen) atoms. The fourth-order valence-electron chi connectivity index (χ4n) is 2.05. The fourth-order valence-corrected chi connectivity index (χ4v) is 2.05. The number of nitrogens with zero attached hydrogens (tertiary/aromatic N) is 1. The number of ether oxygens (including phenoxy) is 1. The standard InChI is InChI=1S/C16H20N2O/c1-10-8-11(2)12(3)15(9-10)19-16-14(13(4)17)6-5-7-18-16/h5-9,13H,17H2,1-4H3/t13-/m0/s1. The van der Waals surface area contributed by atoms with E-state index in [1.165, 1.54) is 11.1 Å². The number of hydrogen-bond donors (Lipinski definition) is 1. The van der Waals surface area contributed by atoms with E-state index >= 15 is 0 Å². The summed E-state index contributed by atoms with van der Waals surface area (Å²) in [5.41, 5.74) is 10.4. The van der Waals surface area contributed by atoms with Gasteiger partial charge in [-0.2, -0.15) is 0 Å². The van der Waals surface area contributed by atoms with Crippen LogP contribution < -0.4 is 10.5 Å². The van der Waals surface area contributed by atoms with Gasteiger partial charge in [0.25, 0.3) is 0 Å². The molecule has 1 atom stereocenters. The van der Waals surface area contributed by atoms with E-state index in [0.717, 1.165) is 16.9 Å². The van der Waals surface area contributed by atoms with Gasteiger partial charge in [-0.05, 0) is 56.5 Å². The van der Waals surface area contributed by atoms with Gasteiger partial charge in [0.1, 0.15) is 5.75 Å². The van der Waals surface area contributed by atoms with Crippen molar-refractivity contribution in [2.45, 2.75) is 33.7 Å². The Morgan fingerprint density at radius 1 is 1.21 bits per heavy atom. The molecule has 0 fully saturated rings. The zero-order valence-corrected chi connectivity index (χ0v) is 11.9. The maximum absolute atomic E-state index is 5.97. The molecule has 3 heteroatoms. The Labute approximate surface area is 114 Å². The fraction of sp³-hybridized carbons (Fsp3) is 0.312. The van der Waals surface area contributed by atoms with Gasteiger partial charge in [-0.25, -0.2) is 4.98 Å². The van der Waals surface area contributed by atoms with Gasteiger partial charge in [0.15, 0.2) is 0 Å². The van der Waals surface area contributed by atoms with Gasteiger partial charge in [-0.15, -0.1) is 0 Å². The zero-order chi connectivity index (χ0) is 14.0. The van der Waals surface area contributed by atoms with E-state index in [0.29, 0.717) is 5.88 Å². The lowest BCUT2D eigenvalue weighted by Crippen LogP contribution is -2.07. The maximum Gasteiger partial charge on any atom is 0.223 e. The molecule has 2 N–H and O–H groups in total. The van der Waals surface area contributed by atoms with Crippen LogP contribution in [0.25, 0.3) is 0 Å². The Balaban J connectivity index is 2.42. The highest BCUT2D eigenvalue weighted by Crippen LogP contribution is 2.30. The van der Waals surface area contributed by atoms with Crippen LogP contribution in [0.5, 0.6) is 11.6 Å². The monoisotopic (exact) mass is 256 g/mol. The summed E-state index contributed by atoms with van der Waals surface area (Å²) in [5.74, 6) is 1.43. The summed E-state index contributed by atoms with van der Waals surface area (Å²) in [4.78, 5) is 4.29. The van der Waals surface area contributed by atoms with E-state index < -0.39 is 0 Å². The predicted octanol–water partition coefficient (Wildman–Crippen LogP) is 3.82. The first-order valence-electron chi connectivity index (χ1n) is 6.45. The molecule has 0 aliphatic carbocycles. The van der Waals surface area contributed by atoms with E-state index in [2.05, 4.69) is 31.8 Å². The van der Waals surface area contributed by atoms with Crippen LogP contribution in [0.4, 0.5) is 0 Å². The van der Waals surface area contributed by atoms with E-state index in [9.17, 15) is 0 Å². The lowest BCUT2D eigenvalue weighted by molar-refractivity contribution is 0.448. The quantitative estimate of drug-likeness (QED) is 0.908. The Bertz CT molecular complexity index is 591. The SMILES string of the molecule is Cc1cc(C)c(C)c(Oc2ncccc2[C@H](C)N)c1. The van der Waals surface area contributed by atoms with Gasteiger partial charge < -0.3 is 10.5 Å². The van der Waals surface area contributed by atoms with E-state index in [1.54, 1.807) is 6.20 Å². The van der Waals surface area contributed by atoms with Crippen LogP contribution in [0.3, 0.4) is 0 Å². The Morgan fingerprint density at radius 2 is 1.95 bits per heavy atom. The molecule has 2 rings (SSSR count). The highest BCUT2D eigenvalue weighted by Gasteiger charge is 2.12. The molecular weight excluding hydrogens is 236 g/mol. The number of hydrogen-bond acceptors (Lipinski definition) is 3. The third-order valence-corrected chi connectivity index (χ3v) is 3.26. The van der Waals surface area contributed by atoms with Crippen molar-refractivity contribution in [2.24, 2.45) is 5.73 Å². The summed E-state index contributed by atoms with van der Waals surface area (Å²) >= 11 is 0. The van der Waals surface area contributed by atoms with E-state index in [-0.39, 0.29) is 6.04 Å². The van der Waals surface area contributed by atoms with Crippen molar-refractivity contribution in [3.05, 3.63) is 52.7 Å². The second-order valence-electron chi connectivity index (χ2n) is 4.99. The van der Waals surface area contributed by atoms with Crippen LogP contribution in [0, 0.1) is 20.8 Å². The van der Waals surface area contributed by atoms with Crippen molar-refractivity contribution < 1.29 is 4.74 Å². The molecule has 0 aliphatic rings. The minimum atomic E-state index is -0.102. The zero-order valence-electron chi connectivity index (χ0n) is 11.9. The third-order valence-electron chi connectivity index (χ3n) is 3.26. The number of pyridine rings is 1. The summed E-state index contributed by atoms with van der Waals surface area (Å²) in [6.07, 6.45) is 1.72. The number of rotatable bonds is 3. The molecule has 100 valence electrons. The van der Waals surface area contributed by atoms with Gasteiger partial charge in [0.05, 0.1) is 0 Å². The lowest BCUT2D eigenvalue weighted by atomic mass is 10.1. The molecule has 0 unspecified atom stereocenters. The van der Waals surface area contributed by atoms with Crippen LogP contribution >= 0.6 is 0 Å². The van der Waals surface area contributed by atoms with E-state index in [4.69, 9.17) is 10.5 Å². The molecule has 0 aliphatic heterocycles. The smallest absolute Gasteiger partial charge is 0.223 e. The average Bonchev–Trinajstić information content (AvgIpc) is 2.35. The molecule has 1 aromatic heterocycles. The highest BCUT2D eigenvalue weighted by molar-refractivity contribution is 5.44. The summed E-state index contributed by atoms with van der Waals surface area (Å²) < 4.78 is 5.97. The molecule has 2 aromatic rings. The van der Waals surface area contributed by atoms with Crippen molar-refractivity contribution in [1.82, 2.24) is 4.98 Å². The molecule has 0 saturated heterocycles. The molecule has 1 aromatic carbocycles. The largest absolute Gasteiger partial charge is 0.438 e. The first-order valence-corrected chi connectivity index (χ1v) is 6.45. The van der Waals surface area contributed by atoms with Crippen molar-refractivity contribution in [3.63, 3.8) is 0 Å². The lowest BCUT2D eigenvalue weighted by Gasteiger charge is -2.15. The molecule has 0 saturated carbocycles. The Hall–Kier alpha value is -1.87. The first kappa shape index (κ1) is 13.6. The van der Waals surface area contributed by atoms with Crippen LogP contribution in [0.2, 0.25) is 0 Å². The van der Waals surface area contributed by atoms with Gasteiger partial charge in [-0.1, -0.05) is 12.1 Å². The molecule has 0 radical (unpaired) electrons. The third kappa shape index (κ3) is 2.93. The van der Waals surface area contributed by atoms with Crippen molar-refractivity contribution >= 4 is 0 Å². The van der Waals surface area contributed by atoms with E-state index in [1.807, 2.05) is 25.1 Å². The maximum atomic E-state index is 5.97. The van der Waals surface area contributed by atoms with Crippen LogP contribution in [-0.2, 0) is 0 Å². The van der Waals surface area contributed by atoms with Gasteiger partial charge in [0.2, 0.25) is 5.88 Å². The first-order chi connectivity index (χ1) is 8.99. The van der Waals surface area contributed by atoms with Gasteiger partial charge >= 0.3 is 0 Å². The topological polar surface area (TPSA) is 48.1 Å². The average molecular weight is 256 g/mol. The highest BCUT2D eigenvalue weighted by atomic mass is 16.5. The normalized spacial score (nSPS) is 12.3. The van der Waals surface area contributed by atoms with Gasteiger partial charge in [0, 0.05) is 17.8 Å². The molecule has 3 nitrogen and oxygen atoms in total. The second-order valence-corrected chi connectivity index (χ2v) is 4.99. The molecule has 0 amide bonds. The number of benzene rings is 1. The van der Waals surface area contributed by atoms with Crippen molar-refractivity contribution in [1.29, 1.82) is 0 Å². The van der Waals surface area contributed by atoms with Gasteiger partial charge in [-0.3, -0.25) is 0 Å².